The minimum Gasteiger partial charge on any atom is -0.861 e. The summed E-state index contributed by atoms with van der Waals surface area (Å²) >= 11 is 0. The van der Waals surface area contributed by atoms with Gasteiger partial charge >= 0.3 is 25.2 Å². The fraction of sp³-hybridized carbons (Fsp3) is 0. The largest absolute Gasteiger partial charge is 3.00 e. The summed E-state index contributed by atoms with van der Waals surface area (Å²) in [6, 6.07) is 0. The predicted octanol–water partition coefficient (Wildman–Crippen LogP) is -5.44. The van der Waals surface area contributed by atoms with E-state index >= 15 is 0 Å². The van der Waals surface area contributed by atoms with Gasteiger partial charge in [0, 0.05) is 0 Å². The van der Waals surface area contributed by atoms with Gasteiger partial charge in [0.2, 0.25) is 0 Å². The average molecular weight is 243 g/mol. The standard InChI is InChI=1S/Cr.H3O4P.HO4Si/c;2*1-5(2,3)4/h;(H3,1,2,3,4);1H/q+3;;-3. The first-order valence-corrected chi connectivity index (χ1v) is 4.86. The fourth-order valence-electron chi connectivity index (χ4n) is 0. The van der Waals surface area contributed by atoms with Crippen molar-refractivity contribution in [2.45, 2.75) is 0 Å². The molecule has 0 saturated heterocycles. The van der Waals surface area contributed by atoms with Crippen LogP contribution in [0.1, 0.15) is 0 Å². The van der Waals surface area contributed by atoms with E-state index in [0.29, 0.717) is 0 Å². The summed E-state index contributed by atoms with van der Waals surface area (Å²) in [5, 5.41) is 0. The molecule has 0 spiro atoms. The van der Waals surface area contributed by atoms with E-state index in [-0.39, 0.29) is 17.4 Å². The molecular weight excluding hydrogens is 239 g/mol. The predicted molar refractivity (Wildman–Crippen MR) is 22.2 cm³/mol. The van der Waals surface area contributed by atoms with E-state index in [1.807, 2.05) is 0 Å². The van der Waals surface area contributed by atoms with Crippen LogP contribution >= 0.6 is 7.82 Å². The molecule has 0 aromatic carbocycles. The molecule has 0 aliphatic heterocycles. The van der Waals surface area contributed by atoms with Gasteiger partial charge in [-0.3, -0.25) is 0 Å². The van der Waals surface area contributed by atoms with Gasteiger partial charge in [-0.05, 0) is 0 Å². The topological polar surface area (TPSA) is 167 Å². The Bertz CT molecular complexity index is 106. The zero-order chi connectivity index (χ0) is 9.00. The monoisotopic (exact) mass is 243 g/mol. The first kappa shape index (κ1) is 17.7. The second-order valence-electron chi connectivity index (χ2n) is 1.04. The van der Waals surface area contributed by atoms with Crippen LogP contribution in [0.5, 0.6) is 0 Å². The van der Waals surface area contributed by atoms with Gasteiger partial charge in [-0.1, -0.05) is 0 Å². The molecule has 0 aliphatic rings. The van der Waals surface area contributed by atoms with Crippen LogP contribution in [-0.4, -0.2) is 28.5 Å². The quantitative estimate of drug-likeness (QED) is 0.241. The fourth-order valence-corrected chi connectivity index (χ4v) is 0. The summed E-state index contributed by atoms with van der Waals surface area (Å²) in [7, 11) is -10.0. The van der Waals surface area contributed by atoms with Crippen molar-refractivity contribution in [1.82, 2.24) is 0 Å². The van der Waals surface area contributed by atoms with Gasteiger partial charge in [-0.25, -0.2) is 4.57 Å². The number of rotatable bonds is 0. The third-order valence-electron chi connectivity index (χ3n) is 0. The summed E-state index contributed by atoms with van der Waals surface area (Å²) in [6.07, 6.45) is 0. The summed E-state index contributed by atoms with van der Waals surface area (Å²) in [5.74, 6) is 0. The van der Waals surface area contributed by atoms with Crippen LogP contribution in [0.2, 0.25) is 0 Å². The molecule has 1 radical (unpaired) electrons. The molecule has 0 bridgehead atoms. The Morgan fingerprint density at radius 3 is 1.09 bits per heavy atom. The zero-order valence-corrected chi connectivity index (χ0v) is 7.95. The molecule has 0 aromatic heterocycles. The van der Waals surface area contributed by atoms with Crippen LogP contribution in [0.15, 0.2) is 0 Å². The van der Waals surface area contributed by atoms with Crippen molar-refractivity contribution in [3.05, 3.63) is 0 Å². The first-order chi connectivity index (χ1) is 4.00. The van der Waals surface area contributed by atoms with Gasteiger partial charge in [-0.15, -0.1) is 9.05 Å². The van der Waals surface area contributed by atoms with Crippen LogP contribution in [0.3, 0.4) is 0 Å². The van der Waals surface area contributed by atoms with Crippen LogP contribution in [0.25, 0.3) is 0 Å². The molecule has 11 heavy (non-hydrogen) atoms. The summed E-state index contributed by atoms with van der Waals surface area (Å²) < 4.78 is 8.88. The van der Waals surface area contributed by atoms with Crippen molar-refractivity contribution in [2.24, 2.45) is 0 Å². The van der Waals surface area contributed by atoms with Gasteiger partial charge in [0.1, 0.15) is 0 Å². The van der Waals surface area contributed by atoms with E-state index in [2.05, 4.69) is 0 Å². The van der Waals surface area contributed by atoms with E-state index in [4.69, 9.17) is 38.4 Å². The zero-order valence-electron chi connectivity index (χ0n) is 4.78. The maximum atomic E-state index is 8.88. The van der Waals surface area contributed by atoms with E-state index in [1.165, 1.54) is 0 Å². The van der Waals surface area contributed by atoms with Crippen molar-refractivity contribution in [3.63, 3.8) is 0 Å². The maximum Gasteiger partial charge on any atom is 3.00 e. The molecule has 0 amide bonds. The first-order valence-electron chi connectivity index (χ1n) is 1.62. The molecule has 0 heterocycles. The Morgan fingerprint density at radius 2 is 1.09 bits per heavy atom. The van der Waals surface area contributed by atoms with Crippen LogP contribution in [-0.2, 0) is 21.9 Å². The molecule has 0 rings (SSSR count). The minimum absolute atomic E-state index is 0. The SMILES string of the molecule is O=P(O)(O)O.[Cr+3].[O-][Si]([O-])([O-])O. The Morgan fingerprint density at radius 1 is 1.09 bits per heavy atom. The Balaban J connectivity index is -0.000000107. The molecular formula is H4CrO8PSi. The van der Waals surface area contributed by atoms with Crippen molar-refractivity contribution in [1.29, 1.82) is 0 Å². The smallest absolute Gasteiger partial charge is 0.861 e. The van der Waals surface area contributed by atoms with Gasteiger partial charge < -0.3 is 33.9 Å². The van der Waals surface area contributed by atoms with E-state index in [9.17, 15) is 0 Å². The number of hydrogen-bond donors (Lipinski definition) is 4. The van der Waals surface area contributed by atoms with E-state index in [0.717, 1.165) is 0 Å². The van der Waals surface area contributed by atoms with Gasteiger partial charge in [0.15, 0.2) is 0 Å². The average Bonchev–Trinajstić information content (AvgIpc) is 1.12. The molecule has 4 N–H and O–H groups in total. The Hall–Kier alpha value is 0.699. The molecule has 0 aromatic rings. The van der Waals surface area contributed by atoms with Crippen molar-refractivity contribution in [3.8, 4) is 0 Å². The molecule has 8 nitrogen and oxygen atoms in total. The molecule has 11 heteroatoms. The third-order valence-corrected chi connectivity index (χ3v) is 0. The molecule has 67 valence electrons. The van der Waals surface area contributed by atoms with Crippen LogP contribution < -0.4 is 14.4 Å². The molecule has 0 saturated carbocycles. The summed E-state index contributed by atoms with van der Waals surface area (Å²) in [5.41, 5.74) is 0. The number of phosphoric acid groups is 1. The summed E-state index contributed by atoms with van der Waals surface area (Å²) in [6.45, 7) is 0. The van der Waals surface area contributed by atoms with E-state index < -0.39 is 16.9 Å². The second kappa shape index (κ2) is 6.24. The molecule has 0 atom stereocenters. The van der Waals surface area contributed by atoms with Crippen molar-refractivity contribution >= 4 is 16.9 Å². The second-order valence-corrected chi connectivity index (χ2v) is 3.11. The van der Waals surface area contributed by atoms with Gasteiger partial charge in [0.05, 0.1) is 0 Å². The molecule has 0 fully saturated rings. The summed E-state index contributed by atoms with van der Waals surface area (Å²) in [4.78, 5) is 54.6. The number of hydrogen-bond acceptors (Lipinski definition) is 5. The van der Waals surface area contributed by atoms with Crippen molar-refractivity contribution < 1.29 is 55.8 Å². The molecule has 0 aliphatic carbocycles. The van der Waals surface area contributed by atoms with Crippen LogP contribution in [0.4, 0.5) is 0 Å². The minimum atomic E-state index is -5.36. The molecule has 0 unspecified atom stereocenters. The van der Waals surface area contributed by atoms with Crippen LogP contribution in [0, 0.1) is 0 Å². The normalized spacial score (nSPS) is 10.8. The van der Waals surface area contributed by atoms with Gasteiger partial charge in [-0.2, -0.15) is 0 Å². The van der Waals surface area contributed by atoms with Gasteiger partial charge in [0.25, 0.3) is 0 Å². The maximum absolute atomic E-state index is 8.88. The van der Waals surface area contributed by atoms with E-state index in [1.54, 1.807) is 0 Å². The third kappa shape index (κ3) is 1660. The Labute approximate surface area is 73.2 Å². The Kier molecular flexibility index (Phi) is 10.0. The van der Waals surface area contributed by atoms with Crippen molar-refractivity contribution in [2.75, 3.05) is 0 Å².